The highest BCUT2D eigenvalue weighted by atomic mass is 32.1. The second-order valence-electron chi connectivity index (χ2n) is 4.07. The first-order valence-electron chi connectivity index (χ1n) is 4.93. The van der Waals surface area contributed by atoms with Crippen molar-refractivity contribution < 1.29 is 0 Å². The van der Waals surface area contributed by atoms with Crippen LogP contribution in [0.1, 0.15) is 24.5 Å². The molecule has 3 aliphatic rings. The van der Waals surface area contributed by atoms with Crippen LogP contribution >= 0.6 is 11.5 Å². The average Bonchev–Trinajstić information content (AvgIpc) is 2.72. The van der Waals surface area contributed by atoms with E-state index in [9.17, 15) is 0 Å². The van der Waals surface area contributed by atoms with Crippen LogP contribution in [0.25, 0.3) is 0 Å². The van der Waals surface area contributed by atoms with Crippen LogP contribution in [0.3, 0.4) is 0 Å². The van der Waals surface area contributed by atoms with Gasteiger partial charge < -0.3 is 4.90 Å². The van der Waals surface area contributed by atoms with Crippen molar-refractivity contribution in [3.05, 3.63) is 11.1 Å². The lowest BCUT2D eigenvalue weighted by molar-refractivity contribution is 0.0854. The summed E-state index contributed by atoms with van der Waals surface area (Å²) in [5.41, 5.74) is 1.24. The monoisotopic (exact) mass is 195 g/mol. The van der Waals surface area contributed by atoms with Crippen LogP contribution in [0.5, 0.6) is 0 Å². The Balaban J connectivity index is 1.85. The fourth-order valence-electron chi connectivity index (χ4n) is 2.63. The molecule has 0 aliphatic carbocycles. The molecular weight excluding hydrogens is 182 g/mol. The molecule has 4 rings (SSSR count). The maximum absolute atomic E-state index is 4.20. The summed E-state index contributed by atoms with van der Waals surface area (Å²) in [6.07, 6.45) is 2.73. The van der Waals surface area contributed by atoms with Gasteiger partial charge in [0.1, 0.15) is 0 Å². The number of fused-ring (bicyclic) bond motifs is 3. The molecule has 0 aromatic carbocycles. The standard InChI is InChI=1S/C9H13N3S/c1-3-12-4-2-7(1)8(5-12)9-6-13-11-10-9/h6-8H,1-5H2. The van der Waals surface area contributed by atoms with Crippen LogP contribution in [0.4, 0.5) is 0 Å². The molecule has 0 N–H and O–H groups in total. The molecule has 4 heteroatoms. The van der Waals surface area contributed by atoms with Gasteiger partial charge in [0.05, 0.1) is 5.69 Å². The van der Waals surface area contributed by atoms with E-state index in [2.05, 4.69) is 19.9 Å². The van der Waals surface area contributed by atoms with Crippen LogP contribution in [-0.2, 0) is 0 Å². The Morgan fingerprint density at radius 3 is 2.77 bits per heavy atom. The van der Waals surface area contributed by atoms with Gasteiger partial charge in [-0.25, -0.2) is 0 Å². The van der Waals surface area contributed by atoms with Gasteiger partial charge in [-0.1, -0.05) is 4.49 Å². The first-order valence-corrected chi connectivity index (χ1v) is 5.76. The van der Waals surface area contributed by atoms with E-state index in [1.165, 1.54) is 49.7 Å². The highest BCUT2D eigenvalue weighted by Crippen LogP contribution is 2.38. The number of piperidine rings is 3. The highest BCUT2D eigenvalue weighted by Gasteiger charge is 2.35. The molecule has 0 spiro atoms. The van der Waals surface area contributed by atoms with Crippen LogP contribution in [0.15, 0.2) is 5.38 Å². The molecule has 1 atom stereocenters. The van der Waals surface area contributed by atoms with Crippen molar-refractivity contribution in [2.24, 2.45) is 5.92 Å². The van der Waals surface area contributed by atoms with E-state index in [-0.39, 0.29) is 0 Å². The zero-order chi connectivity index (χ0) is 8.67. The molecule has 0 radical (unpaired) electrons. The van der Waals surface area contributed by atoms with Gasteiger partial charge in [0.15, 0.2) is 0 Å². The van der Waals surface area contributed by atoms with Crippen LogP contribution in [0, 0.1) is 5.92 Å². The van der Waals surface area contributed by atoms with E-state index in [1.54, 1.807) is 0 Å². The second kappa shape index (κ2) is 3.03. The number of hydrogen-bond acceptors (Lipinski definition) is 4. The smallest absolute Gasteiger partial charge is 0.0801 e. The van der Waals surface area contributed by atoms with Gasteiger partial charge in [0, 0.05) is 17.8 Å². The quantitative estimate of drug-likeness (QED) is 0.677. The summed E-state index contributed by atoms with van der Waals surface area (Å²) in [4.78, 5) is 2.56. The first-order chi connectivity index (χ1) is 6.43. The summed E-state index contributed by atoms with van der Waals surface area (Å²) in [7, 11) is 0. The fraction of sp³-hybridized carbons (Fsp3) is 0.778. The van der Waals surface area contributed by atoms with E-state index in [0.29, 0.717) is 5.92 Å². The number of hydrogen-bond donors (Lipinski definition) is 0. The summed E-state index contributed by atoms with van der Waals surface area (Å²) >= 11 is 1.48. The van der Waals surface area contributed by atoms with E-state index in [4.69, 9.17) is 0 Å². The lowest BCUT2D eigenvalue weighted by Crippen LogP contribution is -2.46. The third-order valence-electron chi connectivity index (χ3n) is 3.41. The average molecular weight is 195 g/mol. The molecule has 0 amide bonds. The largest absolute Gasteiger partial charge is 0.303 e. The zero-order valence-corrected chi connectivity index (χ0v) is 8.33. The minimum absolute atomic E-state index is 0.682. The molecule has 1 aromatic rings. The fourth-order valence-corrected chi connectivity index (χ4v) is 3.15. The first kappa shape index (κ1) is 7.88. The molecule has 3 fully saturated rings. The predicted molar refractivity (Wildman–Crippen MR) is 51.8 cm³/mol. The molecule has 3 aliphatic heterocycles. The molecule has 1 aromatic heterocycles. The van der Waals surface area contributed by atoms with E-state index >= 15 is 0 Å². The highest BCUT2D eigenvalue weighted by molar-refractivity contribution is 7.03. The van der Waals surface area contributed by atoms with Crippen molar-refractivity contribution in [3.8, 4) is 0 Å². The molecule has 70 valence electrons. The molecular formula is C9H13N3S. The Morgan fingerprint density at radius 2 is 2.23 bits per heavy atom. The third kappa shape index (κ3) is 1.28. The summed E-state index contributed by atoms with van der Waals surface area (Å²) < 4.78 is 3.95. The Bertz CT molecular complexity index is 277. The number of rotatable bonds is 1. The van der Waals surface area contributed by atoms with Crippen molar-refractivity contribution in [2.45, 2.75) is 18.8 Å². The maximum Gasteiger partial charge on any atom is 0.0801 e. The van der Waals surface area contributed by atoms with Crippen molar-refractivity contribution in [1.82, 2.24) is 14.5 Å². The number of nitrogens with zero attached hydrogens (tertiary/aromatic N) is 3. The molecule has 2 bridgehead atoms. The Kier molecular flexibility index (Phi) is 1.84. The van der Waals surface area contributed by atoms with Crippen molar-refractivity contribution >= 4 is 11.5 Å². The zero-order valence-electron chi connectivity index (χ0n) is 7.52. The lowest BCUT2D eigenvalue weighted by Gasteiger charge is -2.44. The summed E-state index contributed by atoms with van der Waals surface area (Å²) in [6.45, 7) is 3.83. The Hall–Kier alpha value is -0.480. The molecule has 13 heavy (non-hydrogen) atoms. The van der Waals surface area contributed by atoms with Crippen molar-refractivity contribution in [3.63, 3.8) is 0 Å². The SMILES string of the molecule is c1snnc1C1CN2CCC1CC2. The molecule has 0 saturated carbocycles. The Labute approximate surface area is 81.9 Å². The normalized spacial score (nSPS) is 38.0. The van der Waals surface area contributed by atoms with Crippen LogP contribution in [-0.4, -0.2) is 34.1 Å². The van der Waals surface area contributed by atoms with E-state index in [1.807, 2.05) is 0 Å². The molecule has 4 heterocycles. The van der Waals surface area contributed by atoms with Gasteiger partial charge >= 0.3 is 0 Å². The molecule has 1 unspecified atom stereocenters. The van der Waals surface area contributed by atoms with Gasteiger partial charge in [-0.3, -0.25) is 0 Å². The third-order valence-corrected chi connectivity index (χ3v) is 3.94. The number of aromatic nitrogens is 2. The summed E-state index contributed by atoms with van der Waals surface area (Å²) in [5.74, 6) is 1.56. The van der Waals surface area contributed by atoms with Crippen LogP contribution < -0.4 is 0 Å². The summed E-state index contributed by atoms with van der Waals surface area (Å²) in [6, 6.07) is 0. The van der Waals surface area contributed by atoms with E-state index in [0.717, 1.165) is 5.92 Å². The predicted octanol–water partition coefficient (Wildman–Crippen LogP) is 1.35. The van der Waals surface area contributed by atoms with Gasteiger partial charge in [-0.2, -0.15) is 0 Å². The Morgan fingerprint density at radius 1 is 1.38 bits per heavy atom. The molecule has 3 nitrogen and oxygen atoms in total. The lowest BCUT2D eigenvalue weighted by atomic mass is 9.78. The summed E-state index contributed by atoms with van der Waals surface area (Å²) in [5, 5.41) is 6.32. The van der Waals surface area contributed by atoms with Crippen molar-refractivity contribution in [1.29, 1.82) is 0 Å². The van der Waals surface area contributed by atoms with E-state index < -0.39 is 0 Å². The minimum Gasteiger partial charge on any atom is -0.303 e. The topological polar surface area (TPSA) is 29.0 Å². The second-order valence-corrected chi connectivity index (χ2v) is 4.68. The minimum atomic E-state index is 0.682. The van der Waals surface area contributed by atoms with Gasteiger partial charge in [0.25, 0.3) is 0 Å². The van der Waals surface area contributed by atoms with Gasteiger partial charge in [-0.15, -0.1) is 5.10 Å². The van der Waals surface area contributed by atoms with Gasteiger partial charge in [-0.05, 0) is 43.4 Å². The van der Waals surface area contributed by atoms with Crippen LogP contribution in [0.2, 0.25) is 0 Å². The van der Waals surface area contributed by atoms with Crippen molar-refractivity contribution in [2.75, 3.05) is 19.6 Å². The van der Waals surface area contributed by atoms with Gasteiger partial charge in [0.2, 0.25) is 0 Å². The maximum atomic E-state index is 4.20. The molecule has 3 saturated heterocycles.